The number of rotatable bonds is 7. The molecule has 1 aromatic carbocycles. The summed E-state index contributed by atoms with van der Waals surface area (Å²) in [5.74, 6) is 2.59. The molecule has 30 heavy (non-hydrogen) atoms. The van der Waals surface area contributed by atoms with Crippen LogP contribution in [0.1, 0.15) is 49.8 Å². The summed E-state index contributed by atoms with van der Waals surface area (Å²) in [6.45, 7) is 0.337. The maximum atomic E-state index is 13.3. The Morgan fingerprint density at radius 3 is 2.53 bits per heavy atom. The molecule has 0 N–H and O–H groups in total. The number of nitrogens with zero attached hydrogens (tertiary/aromatic N) is 2. The van der Waals surface area contributed by atoms with E-state index >= 15 is 0 Å². The maximum absolute atomic E-state index is 13.3. The zero-order valence-electron chi connectivity index (χ0n) is 17.0. The van der Waals surface area contributed by atoms with Crippen molar-refractivity contribution in [2.24, 2.45) is 22.9 Å². The lowest BCUT2D eigenvalue weighted by molar-refractivity contribution is -0.157. The third-order valence-corrected chi connectivity index (χ3v) is 7.09. The molecule has 1 aromatic heterocycles. The summed E-state index contributed by atoms with van der Waals surface area (Å²) in [6.07, 6.45) is 10.3. The third kappa shape index (κ3) is 3.87. The average molecular weight is 410 g/mol. The van der Waals surface area contributed by atoms with E-state index in [2.05, 4.69) is 5.16 Å². The molecule has 4 aliphatic carbocycles. The quantitative estimate of drug-likeness (QED) is 0.488. The van der Waals surface area contributed by atoms with Crippen LogP contribution in [0.5, 0.6) is 0 Å². The molecule has 0 atom stereocenters. The number of oxime groups is 1. The lowest BCUT2D eigenvalue weighted by Crippen LogP contribution is -2.61. The molecule has 6 rings (SSSR count). The molecule has 0 aliphatic heterocycles. The number of furan rings is 1. The summed E-state index contributed by atoms with van der Waals surface area (Å²) in [5, 5.41) is 3.89. The standard InChI is InChI=1S/C24H27FN2O3/c25-21-4-1-3-17(10-21)14-26-30-16-23(28)27(15-22-5-2-6-29-22)24-11-18-7-19(12-24)9-20(8-18)13-24/h1-6,10,14,18-20H,7-9,11-13,15-16H2/b26-14-. The maximum Gasteiger partial charge on any atom is 0.264 e. The fourth-order valence-corrected chi connectivity index (χ4v) is 6.33. The second kappa shape index (κ2) is 7.89. The van der Waals surface area contributed by atoms with E-state index in [0.717, 1.165) is 42.8 Å². The topological polar surface area (TPSA) is 55.0 Å². The van der Waals surface area contributed by atoms with Crippen molar-refractivity contribution in [2.75, 3.05) is 6.61 Å². The normalized spacial score (nSPS) is 29.4. The molecule has 4 fully saturated rings. The van der Waals surface area contributed by atoms with Gasteiger partial charge in [0.2, 0.25) is 0 Å². The molecule has 158 valence electrons. The molecule has 4 saturated carbocycles. The van der Waals surface area contributed by atoms with Gasteiger partial charge < -0.3 is 14.2 Å². The second-order valence-electron chi connectivity index (χ2n) is 9.26. The number of hydrogen-bond acceptors (Lipinski definition) is 4. The Morgan fingerprint density at radius 2 is 1.90 bits per heavy atom. The predicted molar refractivity (Wildman–Crippen MR) is 110 cm³/mol. The SMILES string of the molecule is O=C(CO/N=C\c1cccc(F)c1)N(Cc1ccco1)C12CC3CC(CC(C3)C1)C2. The molecule has 1 amide bonds. The van der Waals surface area contributed by atoms with Crippen LogP contribution in [0.3, 0.4) is 0 Å². The first-order chi connectivity index (χ1) is 14.6. The van der Waals surface area contributed by atoms with Crippen LogP contribution in [0.4, 0.5) is 4.39 Å². The Bertz CT molecular complexity index is 889. The van der Waals surface area contributed by atoms with Crippen LogP contribution in [0.25, 0.3) is 0 Å². The fourth-order valence-electron chi connectivity index (χ4n) is 6.33. The van der Waals surface area contributed by atoms with Crippen molar-refractivity contribution < 1.29 is 18.4 Å². The number of carbonyl (C=O) groups is 1. The van der Waals surface area contributed by atoms with Gasteiger partial charge in [0, 0.05) is 5.54 Å². The minimum atomic E-state index is -0.332. The van der Waals surface area contributed by atoms with Crippen molar-refractivity contribution in [3.63, 3.8) is 0 Å². The van der Waals surface area contributed by atoms with Gasteiger partial charge in [-0.1, -0.05) is 17.3 Å². The smallest absolute Gasteiger partial charge is 0.264 e. The van der Waals surface area contributed by atoms with E-state index in [1.807, 2.05) is 17.0 Å². The highest BCUT2D eigenvalue weighted by Gasteiger charge is 2.54. The van der Waals surface area contributed by atoms with Gasteiger partial charge in [0.15, 0.2) is 6.61 Å². The Morgan fingerprint density at radius 1 is 1.17 bits per heavy atom. The molecule has 0 saturated heterocycles. The minimum Gasteiger partial charge on any atom is -0.467 e. The highest BCUT2D eigenvalue weighted by molar-refractivity contribution is 5.80. The molecule has 1 heterocycles. The second-order valence-corrected chi connectivity index (χ2v) is 9.26. The number of benzene rings is 1. The zero-order chi connectivity index (χ0) is 20.6. The monoisotopic (exact) mass is 410 g/mol. The Balaban J connectivity index is 1.30. The average Bonchev–Trinajstić information content (AvgIpc) is 3.22. The van der Waals surface area contributed by atoms with Crippen LogP contribution in [-0.2, 0) is 16.2 Å². The van der Waals surface area contributed by atoms with Gasteiger partial charge in [-0.3, -0.25) is 4.79 Å². The van der Waals surface area contributed by atoms with Crippen molar-refractivity contribution in [2.45, 2.75) is 50.6 Å². The van der Waals surface area contributed by atoms with Gasteiger partial charge in [0.05, 0.1) is 19.0 Å². The van der Waals surface area contributed by atoms with E-state index < -0.39 is 0 Å². The number of hydrogen-bond donors (Lipinski definition) is 0. The van der Waals surface area contributed by atoms with Gasteiger partial charge in [-0.15, -0.1) is 0 Å². The molecule has 0 unspecified atom stereocenters. The first-order valence-electron chi connectivity index (χ1n) is 10.8. The van der Waals surface area contributed by atoms with Gasteiger partial charge in [0.25, 0.3) is 5.91 Å². The van der Waals surface area contributed by atoms with Crippen molar-refractivity contribution in [1.82, 2.24) is 4.90 Å². The van der Waals surface area contributed by atoms with E-state index in [0.29, 0.717) is 12.1 Å². The lowest BCUT2D eigenvalue weighted by Gasteiger charge is -2.60. The zero-order valence-corrected chi connectivity index (χ0v) is 17.0. The van der Waals surface area contributed by atoms with Gasteiger partial charge in [0.1, 0.15) is 11.6 Å². The van der Waals surface area contributed by atoms with Gasteiger partial charge in [-0.05, 0) is 86.1 Å². The van der Waals surface area contributed by atoms with Crippen LogP contribution in [0.15, 0.2) is 52.2 Å². The highest BCUT2D eigenvalue weighted by atomic mass is 19.1. The molecular formula is C24H27FN2O3. The summed E-state index contributed by atoms with van der Waals surface area (Å²) in [7, 11) is 0. The number of carbonyl (C=O) groups excluding carboxylic acids is 1. The first kappa shape index (κ1) is 19.3. The summed E-state index contributed by atoms with van der Waals surface area (Å²) in [6, 6.07) is 9.87. The fraction of sp³-hybridized carbons (Fsp3) is 0.500. The molecule has 5 nitrogen and oxygen atoms in total. The molecular weight excluding hydrogens is 383 g/mol. The van der Waals surface area contributed by atoms with E-state index in [4.69, 9.17) is 9.25 Å². The summed E-state index contributed by atoms with van der Waals surface area (Å²) in [4.78, 5) is 20.6. The summed E-state index contributed by atoms with van der Waals surface area (Å²) < 4.78 is 18.9. The molecule has 0 spiro atoms. The Hall–Kier alpha value is -2.63. The lowest BCUT2D eigenvalue weighted by atomic mass is 9.52. The largest absolute Gasteiger partial charge is 0.467 e. The molecule has 6 heteroatoms. The van der Waals surface area contributed by atoms with Gasteiger partial charge in [-0.25, -0.2) is 4.39 Å². The Labute approximate surface area is 175 Å². The van der Waals surface area contributed by atoms with Crippen LogP contribution < -0.4 is 0 Å². The summed E-state index contributed by atoms with van der Waals surface area (Å²) in [5.41, 5.74) is 0.504. The van der Waals surface area contributed by atoms with E-state index in [1.54, 1.807) is 18.4 Å². The van der Waals surface area contributed by atoms with E-state index in [1.165, 1.54) is 37.6 Å². The number of halogens is 1. The van der Waals surface area contributed by atoms with Crippen LogP contribution >= 0.6 is 0 Å². The predicted octanol–water partition coefficient (Wildman–Crippen LogP) is 4.77. The van der Waals surface area contributed by atoms with Crippen LogP contribution in [-0.4, -0.2) is 29.2 Å². The van der Waals surface area contributed by atoms with Crippen LogP contribution in [0.2, 0.25) is 0 Å². The minimum absolute atomic E-state index is 0.0651. The van der Waals surface area contributed by atoms with E-state index in [-0.39, 0.29) is 23.9 Å². The summed E-state index contributed by atoms with van der Waals surface area (Å²) >= 11 is 0. The number of amides is 1. The van der Waals surface area contributed by atoms with Crippen LogP contribution in [0, 0.1) is 23.6 Å². The van der Waals surface area contributed by atoms with Crippen molar-refractivity contribution >= 4 is 12.1 Å². The molecule has 4 aliphatic rings. The molecule has 0 radical (unpaired) electrons. The van der Waals surface area contributed by atoms with Crippen molar-refractivity contribution in [1.29, 1.82) is 0 Å². The van der Waals surface area contributed by atoms with E-state index in [9.17, 15) is 9.18 Å². The van der Waals surface area contributed by atoms with Gasteiger partial charge >= 0.3 is 0 Å². The van der Waals surface area contributed by atoms with Crippen molar-refractivity contribution in [3.05, 3.63) is 59.8 Å². The van der Waals surface area contributed by atoms with Crippen molar-refractivity contribution in [3.8, 4) is 0 Å². The highest BCUT2D eigenvalue weighted by Crippen LogP contribution is 2.58. The first-order valence-corrected chi connectivity index (χ1v) is 10.8. The third-order valence-electron chi connectivity index (χ3n) is 7.09. The Kier molecular flexibility index (Phi) is 5.09. The molecule has 4 bridgehead atoms. The van der Waals surface area contributed by atoms with Gasteiger partial charge in [-0.2, -0.15) is 0 Å². The molecule has 2 aromatic rings.